The maximum atomic E-state index is 12.2. The average Bonchev–Trinajstić information content (AvgIpc) is 3.16. The van der Waals surface area contributed by atoms with Crippen LogP contribution in [0.2, 0.25) is 0 Å². The highest BCUT2D eigenvalue weighted by molar-refractivity contribution is 7.12. The Kier molecular flexibility index (Phi) is 3.75. The summed E-state index contributed by atoms with van der Waals surface area (Å²) in [5, 5.41) is 18.1. The van der Waals surface area contributed by atoms with E-state index in [0.29, 0.717) is 12.8 Å². The number of para-hydroxylation sites is 1. The summed E-state index contributed by atoms with van der Waals surface area (Å²) < 4.78 is 0. The van der Waals surface area contributed by atoms with Crippen LogP contribution in [0.4, 0.5) is 0 Å². The number of amides is 1. The van der Waals surface area contributed by atoms with Crippen LogP contribution in [0.25, 0.3) is 0 Å². The molecule has 2 heterocycles. The number of hydrogen-bond acceptors (Lipinski definition) is 4. The van der Waals surface area contributed by atoms with E-state index >= 15 is 0 Å². The van der Waals surface area contributed by atoms with Crippen molar-refractivity contribution in [3.8, 4) is 5.75 Å². The van der Waals surface area contributed by atoms with E-state index in [1.165, 1.54) is 5.01 Å². The number of rotatable bonds is 3. The van der Waals surface area contributed by atoms with E-state index in [2.05, 4.69) is 5.10 Å². The number of benzene rings is 1. The monoisotopic (exact) mass is 300 g/mol. The summed E-state index contributed by atoms with van der Waals surface area (Å²) in [6, 6.07) is 10.9. The van der Waals surface area contributed by atoms with Crippen molar-refractivity contribution in [1.29, 1.82) is 0 Å². The molecule has 0 bridgehead atoms. The van der Waals surface area contributed by atoms with Crippen molar-refractivity contribution < 1.29 is 9.90 Å². The van der Waals surface area contributed by atoms with Crippen LogP contribution in [-0.2, 0) is 4.79 Å². The first-order valence-electron chi connectivity index (χ1n) is 6.92. The Hall–Kier alpha value is -2.14. The quantitative estimate of drug-likeness (QED) is 0.942. The van der Waals surface area contributed by atoms with E-state index in [1.54, 1.807) is 23.5 Å². The third-order valence-electron chi connectivity index (χ3n) is 3.57. The van der Waals surface area contributed by atoms with Crippen LogP contribution in [0.1, 0.15) is 36.2 Å². The van der Waals surface area contributed by atoms with Gasteiger partial charge < -0.3 is 5.11 Å². The number of carbonyl (C=O) groups is 1. The molecule has 1 amide bonds. The molecule has 5 heteroatoms. The predicted octanol–water partition coefficient (Wildman–Crippen LogP) is 3.54. The molecule has 0 unspecified atom stereocenters. The first kappa shape index (κ1) is 13.8. The van der Waals surface area contributed by atoms with Gasteiger partial charge in [0.15, 0.2) is 0 Å². The van der Waals surface area contributed by atoms with Gasteiger partial charge in [-0.05, 0) is 17.5 Å². The van der Waals surface area contributed by atoms with Gasteiger partial charge in [0.25, 0.3) is 0 Å². The minimum Gasteiger partial charge on any atom is -0.508 e. The third-order valence-corrected chi connectivity index (χ3v) is 4.49. The highest BCUT2D eigenvalue weighted by atomic mass is 32.1. The highest BCUT2D eigenvalue weighted by Gasteiger charge is 2.33. The van der Waals surface area contributed by atoms with Crippen LogP contribution < -0.4 is 0 Å². The zero-order valence-electron chi connectivity index (χ0n) is 11.7. The highest BCUT2D eigenvalue weighted by Crippen LogP contribution is 2.37. The van der Waals surface area contributed by atoms with Gasteiger partial charge in [-0.25, -0.2) is 5.01 Å². The number of phenolic OH excluding ortho intramolecular Hbond substituents is 1. The van der Waals surface area contributed by atoms with Crippen molar-refractivity contribution in [3.63, 3.8) is 0 Å². The van der Waals surface area contributed by atoms with Crippen LogP contribution >= 0.6 is 11.3 Å². The zero-order valence-corrected chi connectivity index (χ0v) is 12.5. The third kappa shape index (κ3) is 2.56. The summed E-state index contributed by atoms with van der Waals surface area (Å²) in [7, 11) is 0. The molecule has 2 aromatic rings. The van der Waals surface area contributed by atoms with Crippen molar-refractivity contribution in [2.45, 2.75) is 25.8 Å². The first-order valence-corrected chi connectivity index (χ1v) is 7.80. The van der Waals surface area contributed by atoms with E-state index in [1.807, 2.05) is 36.6 Å². The average molecular weight is 300 g/mol. The maximum Gasteiger partial charge on any atom is 0.242 e. The summed E-state index contributed by atoms with van der Waals surface area (Å²) in [6.07, 6.45) is 1.02. The van der Waals surface area contributed by atoms with Crippen molar-refractivity contribution in [3.05, 3.63) is 52.2 Å². The molecule has 0 saturated carbocycles. The molecule has 1 aromatic carbocycles. The maximum absolute atomic E-state index is 12.2. The van der Waals surface area contributed by atoms with Crippen molar-refractivity contribution in [1.82, 2.24) is 5.01 Å². The van der Waals surface area contributed by atoms with Crippen LogP contribution in [0.3, 0.4) is 0 Å². The van der Waals surface area contributed by atoms with Crippen LogP contribution in [0.15, 0.2) is 46.9 Å². The standard InChI is InChI=1S/C16H16N2O2S/c1-2-16(20)18-13(11-6-3-4-7-14(11)19)10-12(17-18)15-8-5-9-21-15/h3-9,13,19H,2,10H2,1H3/t13-/m0/s1. The summed E-state index contributed by atoms with van der Waals surface area (Å²) >= 11 is 1.61. The molecule has 1 aliphatic heterocycles. The fourth-order valence-corrected chi connectivity index (χ4v) is 3.23. The van der Waals surface area contributed by atoms with Crippen molar-refractivity contribution in [2.75, 3.05) is 0 Å². The van der Waals surface area contributed by atoms with Crippen molar-refractivity contribution >= 4 is 23.0 Å². The van der Waals surface area contributed by atoms with E-state index in [0.717, 1.165) is 16.2 Å². The Morgan fingerprint density at radius 3 is 2.86 bits per heavy atom. The van der Waals surface area contributed by atoms with E-state index < -0.39 is 0 Å². The lowest BCUT2D eigenvalue weighted by molar-refractivity contribution is -0.132. The Bertz CT molecular complexity index is 679. The molecule has 0 aliphatic carbocycles. The summed E-state index contributed by atoms with van der Waals surface area (Å²) in [6.45, 7) is 1.82. The number of phenols is 1. The minimum absolute atomic E-state index is 0.0326. The minimum atomic E-state index is -0.226. The van der Waals surface area contributed by atoms with E-state index in [4.69, 9.17) is 0 Å². The van der Waals surface area contributed by atoms with Gasteiger partial charge in [0.1, 0.15) is 5.75 Å². The van der Waals surface area contributed by atoms with Gasteiger partial charge in [-0.1, -0.05) is 31.2 Å². The molecule has 0 fully saturated rings. The molecule has 1 N–H and O–H groups in total. The molecule has 0 saturated heterocycles. The van der Waals surface area contributed by atoms with Crippen molar-refractivity contribution in [2.24, 2.45) is 5.10 Å². The number of carbonyl (C=O) groups excluding carboxylic acids is 1. The van der Waals surface area contributed by atoms with Gasteiger partial charge in [-0.2, -0.15) is 5.10 Å². The normalized spacial score (nSPS) is 17.9. The molecule has 0 radical (unpaired) electrons. The Morgan fingerprint density at radius 1 is 1.38 bits per heavy atom. The molecule has 3 rings (SSSR count). The number of hydrazone groups is 1. The lowest BCUT2D eigenvalue weighted by atomic mass is 10.00. The Morgan fingerprint density at radius 2 is 2.19 bits per heavy atom. The van der Waals surface area contributed by atoms with Gasteiger partial charge >= 0.3 is 0 Å². The predicted molar refractivity (Wildman–Crippen MR) is 83.5 cm³/mol. The smallest absolute Gasteiger partial charge is 0.242 e. The second-order valence-electron chi connectivity index (χ2n) is 4.89. The summed E-state index contributed by atoms with van der Waals surface area (Å²) in [5.41, 5.74) is 1.65. The van der Waals surface area contributed by atoms with E-state index in [-0.39, 0.29) is 17.7 Å². The van der Waals surface area contributed by atoms with Gasteiger partial charge in [0.05, 0.1) is 16.6 Å². The second kappa shape index (κ2) is 5.69. The summed E-state index contributed by atoms with van der Waals surface area (Å²) in [5.74, 6) is 0.175. The number of aromatic hydroxyl groups is 1. The van der Waals surface area contributed by atoms with Crippen LogP contribution in [0.5, 0.6) is 5.75 Å². The molecule has 1 aromatic heterocycles. The van der Waals surface area contributed by atoms with Crippen LogP contribution in [-0.4, -0.2) is 21.7 Å². The lowest BCUT2D eigenvalue weighted by Gasteiger charge is -2.22. The lowest BCUT2D eigenvalue weighted by Crippen LogP contribution is -2.26. The first-order chi connectivity index (χ1) is 10.2. The second-order valence-corrected chi connectivity index (χ2v) is 5.84. The van der Waals surface area contributed by atoms with Gasteiger partial charge in [-0.3, -0.25) is 4.79 Å². The molecular formula is C16H16N2O2S. The molecule has 1 atom stereocenters. The molecule has 21 heavy (non-hydrogen) atoms. The zero-order chi connectivity index (χ0) is 14.8. The fourth-order valence-electron chi connectivity index (χ4n) is 2.51. The Labute approximate surface area is 127 Å². The number of thiophene rings is 1. The van der Waals surface area contributed by atoms with Gasteiger partial charge in [-0.15, -0.1) is 11.3 Å². The van der Waals surface area contributed by atoms with Crippen LogP contribution in [0, 0.1) is 0 Å². The fraction of sp³-hybridized carbons (Fsp3) is 0.250. The topological polar surface area (TPSA) is 52.9 Å². The van der Waals surface area contributed by atoms with Gasteiger partial charge in [0.2, 0.25) is 5.91 Å². The summed E-state index contributed by atoms with van der Waals surface area (Å²) in [4.78, 5) is 13.2. The van der Waals surface area contributed by atoms with E-state index in [9.17, 15) is 9.90 Å². The largest absolute Gasteiger partial charge is 0.508 e. The number of nitrogens with zero attached hydrogens (tertiary/aromatic N) is 2. The van der Waals surface area contributed by atoms with Gasteiger partial charge in [0, 0.05) is 18.4 Å². The molecule has 108 valence electrons. The molecule has 1 aliphatic rings. The number of hydrogen-bond donors (Lipinski definition) is 1. The molecule has 0 spiro atoms. The molecule has 4 nitrogen and oxygen atoms in total. The molecular weight excluding hydrogens is 284 g/mol. The Balaban J connectivity index is 1.98. The SMILES string of the molecule is CCC(=O)N1N=C(c2cccs2)C[C@H]1c1ccccc1O.